The number of rotatable bonds is 4. The van der Waals surface area contributed by atoms with Gasteiger partial charge in [0.2, 0.25) is 5.13 Å². The third-order valence-corrected chi connectivity index (χ3v) is 3.31. The fourth-order valence-electron chi connectivity index (χ4n) is 1.35. The van der Waals surface area contributed by atoms with Crippen LogP contribution in [0.5, 0.6) is 0 Å². The summed E-state index contributed by atoms with van der Waals surface area (Å²) in [5.41, 5.74) is 0.277. The lowest BCUT2D eigenvalue weighted by atomic mass is 10.2. The van der Waals surface area contributed by atoms with Crippen molar-refractivity contribution in [2.45, 2.75) is 13.3 Å². The minimum Gasteiger partial charge on any atom is -0.296 e. The zero-order valence-corrected chi connectivity index (χ0v) is 10.8. The number of nitro benzene ring substituents is 1. The molecule has 0 unspecified atom stereocenters. The normalized spacial score (nSPS) is 10.2. The van der Waals surface area contributed by atoms with Crippen molar-refractivity contribution >= 4 is 28.1 Å². The Morgan fingerprint density at radius 1 is 1.37 bits per heavy atom. The number of carbonyl (C=O) groups excluding carboxylic acids is 1. The summed E-state index contributed by atoms with van der Waals surface area (Å²) in [7, 11) is 0. The first-order chi connectivity index (χ1) is 9.10. The molecule has 0 saturated carbocycles. The highest BCUT2D eigenvalue weighted by Crippen LogP contribution is 2.17. The quantitative estimate of drug-likeness (QED) is 0.683. The first kappa shape index (κ1) is 13.1. The molecule has 0 bridgehead atoms. The van der Waals surface area contributed by atoms with Crippen molar-refractivity contribution in [1.29, 1.82) is 0 Å². The van der Waals surface area contributed by atoms with E-state index in [1.165, 1.54) is 35.6 Å². The molecule has 0 radical (unpaired) electrons. The third-order valence-electron chi connectivity index (χ3n) is 2.33. The predicted molar refractivity (Wildman–Crippen MR) is 70.3 cm³/mol. The summed E-state index contributed by atoms with van der Waals surface area (Å²) in [4.78, 5) is 21.8. The van der Waals surface area contributed by atoms with Crippen molar-refractivity contribution in [2.24, 2.45) is 0 Å². The summed E-state index contributed by atoms with van der Waals surface area (Å²) in [6.07, 6.45) is 0.755. The van der Waals surface area contributed by atoms with E-state index in [0.717, 1.165) is 11.4 Å². The molecular weight excluding hydrogens is 268 g/mol. The fraction of sp³-hybridized carbons (Fsp3) is 0.182. The Labute approximate surface area is 112 Å². The van der Waals surface area contributed by atoms with E-state index in [0.29, 0.717) is 10.7 Å². The van der Waals surface area contributed by atoms with Gasteiger partial charge in [-0.3, -0.25) is 20.2 Å². The average molecular weight is 278 g/mol. The maximum atomic E-state index is 11.9. The Morgan fingerprint density at radius 2 is 2.05 bits per heavy atom. The molecule has 98 valence electrons. The number of non-ortho nitro benzene ring substituents is 1. The van der Waals surface area contributed by atoms with Gasteiger partial charge in [0.05, 0.1) is 4.92 Å². The number of aryl methyl sites for hydroxylation is 1. The number of anilines is 1. The number of benzene rings is 1. The monoisotopic (exact) mass is 278 g/mol. The van der Waals surface area contributed by atoms with Crippen LogP contribution in [0.4, 0.5) is 10.8 Å². The summed E-state index contributed by atoms with van der Waals surface area (Å²) in [5.74, 6) is -0.367. The third kappa shape index (κ3) is 3.10. The van der Waals surface area contributed by atoms with Crippen molar-refractivity contribution in [1.82, 2.24) is 10.2 Å². The Kier molecular flexibility index (Phi) is 3.81. The van der Waals surface area contributed by atoms with Gasteiger partial charge in [0.1, 0.15) is 5.01 Å². The number of hydrogen-bond acceptors (Lipinski definition) is 6. The molecule has 2 rings (SSSR count). The van der Waals surface area contributed by atoms with Crippen LogP contribution in [0.3, 0.4) is 0 Å². The van der Waals surface area contributed by atoms with Gasteiger partial charge in [0.25, 0.3) is 11.6 Å². The highest BCUT2D eigenvalue weighted by atomic mass is 32.1. The molecule has 1 aromatic heterocycles. The van der Waals surface area contributed by atoms with Gasteiger partial charge in [-0.15, -0.1) is 10.2 Å². The molecule has 19 heavy (non-hydrogen) atoms. The maximum Gasteiger partial charge on any atom is 0.269 e. The number of hydrogen-bond donors (Lipinski definition) is 1. The second-order valence-electron chi connectivity index (χ2n) is 3.61. The van der Waals surface area contributed by atoms with Gasteiger partial charge >= 0.3 is 0 Å². The summed E-state index contributed by atoms with van der Waals surface area (Å²) in [5, 5.41) is 22.1. The smallest absolute Gasteiger partial charge is 0.269 e. The standard InChI is InChI=1S/C11H10N4O3S/c1-2-9-13-14-11(19-9)12-10(16)7-3-5-8(6-4-7)15(17)18/h3-6H,2H2,1H3,(H,12,14,16). The van der Waals surface area contributed by atoms with Crippen molar-refractivity contribution in [2.75, 3.05) is 5.32 Å². The van der Waals surface area contributed by atoms with Crippen LogP contribution in [0.2, 0.25) is 0 Å². The van der Waals surface area contributed by atoms with E-state index in [1.54, 1.807) is 0 Å². The van der Waals surface area contributed by atoms with E-state index in [1.807, 2.05) is 6.92 Å². The summed E-state index contributed by atoms with van der Waals surface area (Å²) < 4.78 is 0. The van der Waals surface area contributed by atoms with Gasteiger partial charge < -0.3 is 0 Å². The van der Waals surface area contributed by atoms with E-state index in [4.69, 9.17) is 0 Å². The van der Waals surface area contributed by atoms with E-state index in [9.17, 15) is 14.9 Å². The molecule has 2 aromatic rings. The Morgan fingerprint density at radius 3 is 2.58 bits per heavy atom. The van der Waals surface area contributed by atoms with Gasteiger partial charge in [-0.05, 0) is 18.6 Å². The van der Waals surface area contributed by atoms with Crippen LogP contribution in [0.25, 0.3) is 0 Å². The van der Waals surface area contributed by atoms with Crippen molar-refractivity contribution in [3.05, 3.63) is 45.0 Å². The molecule has 0 fully saturated rings. The lowest BCUT2D eigenvalue weighted by Gasteiger charge is -2.00. The van der Waals surface area contributed by atoms with Crippen LogP contribution in [-0.4, -0.2) is 21.0 Å². The number of nitrogens with zero attached hydrogens (tertiary/aromatic N) is 3. The van der Waals surface area contributed by atoms with Crippen LogP contribution in [0.1, 0.15) is 22.3 Å². The van der Waals surface area contributed by atoms with Crippen LogP contribution in [0, 0.1) is 10.1 Å². The van der Waals surface area contributed by atoms with E-state index in [2.05, 4.69) is 15.5 Å². The lowest BCUT2D eigenvalue weighted by molar-refractivity contribution is -0.384. The van der Waals surface area contributed by atoms with Crippen LogP contribution in [-0.2, 0) is 6.42 Å². The van der Waals surface area contributed by atoms with Crippen LogP contribution >= 0.6 is 11.3 Å². The Hall–Kier alpha value is -2.35. The maximum absolute atomic E-state index is 11.9. The van der Waals surface area contributed by atoms with E-state index in [-0.39, 0.29) is 11.6 Å². The average Bonchev–Trinajstić information content (AvgIpc) is 2.86. The number of aromatic nitrogens is 2. The topological polar surface area (TPSA) is 98.0 Å². The molecule has 8 heteroatoms. The van der Waals surface area contributed by atoms with Crippen molar-refractivity contribution < 1.29 is 9.72 Å². The largest absolute Gasteiger partial charge is 0.296 e. The van der Waals surface area contributed by atoms with Crippen LogP contribution in [0.15, 0.2) is 24.3 Å². The zero-order chi connectivity index (χ0) is 13.8. The predicted octanol–water partition coefficient (Wildman–Crippen LogP) is 2.26. The zero-order valence-electron chi connectivity index (χ0n) is 9.99. The van der Waals surface area contributed by atoms with Gasteiger partial charge in [0, 0.05) is 17.7 Å². The molecule has 1 amide bonds. The Bertz CT molecular complexity index is 609. The molecule has 0 atom stereocenters. The van der Waals surface area contributed by atoms with Crippen LogP contribution < -0.4 is 5.32 Å². The molecule has 0 aliphatic heterocycles. The molecule has 0 aliphatic carbocycles. The number of nitrogens with one attached hydrogen (secondary N) is 1. The number of carbonyl (C=O) groups is 1. The molecule has 0 saturated heterocycles. The summed E-state index contributed by atoms with van der Waals surface area (Å²) in [6.45, 7) is 1.95. The highest BCUT2D eigenvalue weighted by molar-refractivity contribution is 7.15. The highest BCUT2D eigenvalue weighted by Gasteiger charge is 2.11. The minimum absolute atomic E-state index is 0.0549. The first-order valence-electron chi connectivity index (χ1n) is 5.48. The van der Waals surface area contributed by atoms with Gasteiger partial charge in [0.15, 0.2) is 0 Å². The Balaban J connectivity index is 2.09. The molecule has 7 nitrogen and oxygen atoms in total. The summed E-state index contributed by atoms with van der Waals surface area (Å²) in [6, 6.07) is 5.36. The summed E-state index contributed by atoms with van der Waals surface area (Å²) >= 11 is 1.30. The van der Waals surface area contributed by atoms with Gasteiger partial charge in [-0.2, -0.15) is 0 Å². The first-order valence-corrected chi connectivity index (χ1v) is 6.30. The lowest BCUT2D eigenvalue weighted by Crippen LogP contribution is -2.11. The van der Waals surface area contributed by atoms with E-state index < -0.39 is 4.92 Å². The molecule has 1 N–H and O–H groups in total. The van der Waals surface area contributed by atoms with Gasteiger partial charge in [-0.25, -0.2) is 0 Å². The molecule has 1 heterocycles. The molecule has 0 aliphatic rings. The fourth-order valence-corrected chi connectivity index (χ4v) is 2.03. The van der Waals surface area contributed by atoms with Crippen molar-refractivity contribution in [3.8, 4) is 0 Å². The molecular formula is C11H10N4O3S. The van der Waals surface area contributed by atoms with E-state index >= 15 is 0 Å². The minimum atomic E-state index is -0.514. The second-order valence-corrected chi connectivity index (χ2v) is 4.67. The molecule has 0 spiro atoms. The molecule has 1 aromatic carbocycles. The number of nitro groups is 1. The number of amides is 1. The SMILES string of the molecule is CCc1nnc(NC(=O)c2ccc([N+](=O)[O-])cc2)s1. The van der Waals surface area contributed by atoms with Crippen molar-refractivity contribution in [3.63, 3.8) is 0 Å². The van der Waals surface area contributed by atoms with Gasteiger partial charge in [-0.1, -0.05) is 18.3 Å². The second kappa shape index (κ2) is 5.53.